The normalized spacial score (nSPS) is 25.5. The lowest BCUT2D eigenvalue weighted by Gasteiger charge is -2.07. The van der Waals surface area contributed by atoms with Crippen LogP contribution in [0.4, 0.5) is 0 Å². The van der Waals surface area contributed by atoms with Crippen molar-refractivity contribution in [1.82, 2.24) is 5.32 Å². The summed E-state index contributed by atoms with van der Waals surface area (Å²) in [7, 11) is 0. The molecule has 1 aliphatic carbocycles. The first-order chi connectivity index (χ1) is 5.36. The number of amides is 1. The van der Waals surface area contributed by atoms with Crippen molar-refractivity contribution >= 4 is 5.91 Å². The molecule has 60 valence electrons. The van der Waals surface area contributed by atoms with Crippen molar-refractivity contribution < 1.29 is 4.79 Å². The Labute approximate surface area is 66.7 Å². The molecule has 0 unspecified atom stereocenters. The highest BCUT2D eigenvalue weighted by Crippen LogP contribution is 2.31. The van der Waals surface area contributed by atoms with Gasteiger partial charge in [-0.15, -0.1) is 0 Å². The number of rotatable bonds is 1. The molecule has 0 spiro atoms. The molecule has 2 rings (SSSR count). The predicted octanol–water partition coefficient (Wildman–Crippen LogP) is 1.23. The fourth-order valence-electron chi connectivity index (χ4n) is 2.02. The second kappa shape index (κ2) is 2.68. The van der Waals surface area contributed by atoms with Crippen molar-refractivity contribution in [1.29, 1.82) is 0 Å². The molecule has 0 aromatic rings. The second-order valence-corrected chi connectivity index (χ2v) is 3.42. The van der Waals surface area contributed by atoms with Crippen LogP contribution in [0.3, 0.4) is 0 Å². The van der Waals surface area contributed by atoms with Crippen molar-refractivity contribution in [2.45, 2.75) is 25.7 Å². The maximum atomic E-state index is 10.8. The van der Waals surface area contributed by atoms with Crippen molar-refractivity contribution in [2.24, 2.45) is 5.92 Å². The molecule has 2 heteroatoms. The van der Waals surface area contributed by atoms with E-state index in [0.717, 1.165) is 6.54 Å². The van der Waals surface area contributed by atoms with Crippen molar-refractivity contribution in [3.63, 3.8) is 0 Å². The van der Waals surface area contributed by atoms with Crippen LogP contribution in [0.5, 0.6) is 0 Å². The minimum atomic E-state index is 0.104. The molecule has 1 amide bonds. The van der Waals surface area contributed by atoms with Crippen LogP contribution in [0, 0.1) is 5.92 Å². The summed E-state index contributed by atoms with van der Waals surface area (Å²) < 4.78 is 0. The molecule has 11 heavy (non-hydrogen) atoms. The topological polar surface area (TPSA) is 29.1 Å². The molecule has 2 nitrogen and oxygen atoms in total. The molecule has 2 aliphatic rings. The van der Waals surface area contributed by atoms with Gasteiger partial charge in [0.1, 0.15) is 0 Å². The van der Waals surface area contributed by atoms with E-state index in [2.05, 4.69) is 5.32 Å². The smallest absolute Gasteiger partial charge is 0.244 e. The minimum absolute atomic E-state index is 0.104. The van der Waals surface area contributed by atoms with E-state index in [-0.39, 0.29) is 5.91 Å². The predicted molar refractivity (Wildman–Crippen MR) is 43.1 cm³/mol. The molecule has 0 radical (unpaired) electrons. The van der Waals surface area contributed by atoms with Crippen LogP contribution in [0.2, 0.25) is 0 Å². The molecule has 0 atom stereocenters. The molecule has 0 saturated heterocycles. The first kappa shape index (κ1) is 6.89. The van der Waals surface area contributed by atoms with Gasteiger partial charge in [0.15, 0.2) is 0 Å². The molecule has 0 aromatic carbocycles. The van der Waals surface area contributed by atoms with Crippen LogP contribution in [0.15, 0.2) is 11.6 Å². The van der Waals surface area contributed by atoms with E-state index in [0.29, 0.717) is 5.92 Å². The molecule has 1 heterocycles. The summed E-state index contributed by atoms with van der Waals surface area (Å²) in [4.78, 5) is 10.8. The molecule has 1 saturated carbocycles. The van der Waals surface area contributed by atoms with Crippen LogP contribution in [-0.4, -0.2) is 12.5 Å². The van der Waals surface area contributed by atoms with Crippen LogP contribution in [0.1, 0.15) is 25.7 Å². The maximum absolute atomic E-state index is 10.8. The largest absolute Gasteiger partial charge is 0.349 e. The third-order valence-electron chi connectivity index (χ3n) is 2.66. The first-order valence-electron chi connectivity index (χ1n) is 4.34. The van der Waals surface area contributed by atoms with Crippen molar-refractivity contribution in [3.8, 4) is 0 Å². The van der Waals surface area contributed by atoms with Gasteiger partial charge in [-0.3, -0.25) is 4.79 Å². The van der Waals surface area contributed by atoms with E-state index in [1.165, 1.54) is 31.3 Å². The molecule has 0 aromatic heterocycles. The Bertz CT molecular complexity index is 202. The number of hydrogen-bond acceptors (Lipinski definition) is 1. The van der Waals surface area contributed by atoms with Crippen LogP contribution < -0.4 is 5.32 Å². The highest BCUT2D eigenvalue weighted by atomic mass is 16.1. The second-order valence-electron chi connectivity index (χ2n) is 3.42. The fourth-order valence-corrected chi connectivity index (χ4v) is 2.02. The Morgan fingerprint density at radius 2 is 2.09 bits per heavy atom. The van der Waals surface area contributed by atoms with E-state index in [1.807, 2.05) is 0 Å². The zero-order valence-electron chi connectivity index (χ0n) is 6.60. The third kappa shape index (κ3) is 1.30. The van der Waals surface area contributed by atoms with E-state index in [4.69, 9.17) is 0 Å². The van der Waals surface area contributed by atoms with E-state index in [1.54, 1.807) is 6.08 Å². The summed E-state index contributed by atoms with van der Waals surface area (Å²) in [6.45, 7) is 0.809. The zero-order valence-corrected chi connectivity index (χ0v) is 6.60. The highest BCUT2D eigenvalue weighted by molar-refractivity contribution is 5.91. The molecule has 1 N–H and O–H groups in total. The zero-order chi connectivity index (χ0) is 7.68. The number of carbonyl (C=O) groups excluding carboxylic acids is 1. The van der Waals surface area contributed by atoms with Gasteiger partial charge in [-0.05, 0) is 24.3 Å². The summed E-state index contributed by atoms with van der Waals surface area (Å²) >= 11 is 0. The average Bonchev–Trinajstić information content (AvgIpc) is 2.55. The van der Waals surface area contributed by atoms with Gasteiger partial charge in [0, 0.05) is 12.6 Å². The van der Waals surface area contributed by atoms with Crippen molar-refractivity contribution in [2.75, 3.05) is 6.54 Å². The molecular formula is C9H13NO. The standard InChI is InChI=1S/C9H13NO/c11-9-5-8(6-10-9)7-3-1-2-4-7/h5,7H,1-4,6H2,(H,10,11). The fraction of sp³-hybridized carbons (Fsp3) is 0.667. The van der Waals surface area contributed by atoms with E-state index < -0.39 is 0 Å². The third-order valence-corrected chi connectivity index (χ3v) is 2.66. The molecular weight excluding hydrogens is 138 g/mol. The van der Waals surface area contributed by atoms with Crippen LogP contribution in [0.25, 0.3) is 0 Å². The number of hydrogen-bond donors (Lipinski definition) is 1. The van der Waals surface area contributed by atoms with E-state index in [9.17, 15) is 4.79 Å². The lowest BCUT2D eigenvalue weighted by atomic mass is 9.99. The van der Waals surface area contributed by atoms with Gasteiger partial charge in [-0.1, -0.05) is 12.8 Å². The van der Waals surface area contributed by atoms with Crippen LogP contribution >= 0.6 is 0 Å². The Kier molecular flexibility index (Phi) is 1.68. The number of carbonyl (C=O) groups is 1. The highest BCUT2D eigenvalue weighted by Gasteiger charge is 2.22. The Hall–Kier alpha value is -0.790. The number of nitrogens with one attached hydrogen (secondary N) is 1. The van der Waals surface area contributed by atoms with E-state index >= 15 is 0 Å². The van der Waals surface area contributed by atoms with Gasteiger partial charge in [0.25, 0.3) is 0 Å². The Morgan fingerprint density at radius 3 is 2.64 bits per heavy atom. The molecule has 1 fully saturated rings. The summed E-state index contributed by atoms with van der Waals surface area (Å²) in [5.74, 6) is 0.820. The lowest BCUT2D eigenvalue weighted by molar-refractivity contribution is -0.115. The van der Waals surface area contributed by atoms with Gasteiger partial charge in [0.05, 0.1) is 0 Å². The SMILES string of the molecule is O=C1C=C(C2CCCC2)CN1. The quantitative estimate of drug-likeness (QED) is 0.600. The Morgan fingerprint density at radius 1 is 1.36 bits per heavy atom. The van der Waals surface area contributed by atoms with Gasteiger partial charge in [-0.2, -0.15) is 0 Å². The molecule has 0 bridgehead atoms. The average molecular weight is 151 g/mol. The summed E-state index contributed by atoms with van der Waals surface area (Å²) in [5, 5.41) is 2.81. The van der Waals surface area contributed by atoms with Crippen LogP contribution in [-0.2, 0) is 4.79 Å². The summed E-state index contributed by atoms with van der Waals surface area (Å²) in [6.07, 6.45) is 7.06. The van der Waals surface area contributed by atoms with Crippen molar-refractivity contribution in [3.05, 3.63) is 11.6 Å². The summed E-state index contributed by atoms with van der Waals surface area (Å²) in [5.41, 5.74) is 1.34. The van der Waals surface area contributed by atoms with Gasteiger partial charge < -0.3 is 5.32 Å². The van der Waals surface area contributed by atoms with Gasteiger partial charge >= 0.3 is 0 Å². The lowest BCUT2D eigenvalue weighted by Crippen LogP contribution is -2.16. The molecule has 1 aliphatic heterocycles. The maximum Gasteiger partial charge on any atom is 0.244 e. The first-order valence-corrected chi connectivity index (χ1v) is 4.34. The minimum Gasteiger partial charge on any atom is -0.349 e. The summed E-state index contributed by atoms with van der Waals surface area (Å²) in [6, 6.07) is 0. The monoisotopic (exact) mass is 151 g/mol. The Balaban J connectivity index is 2.04. The van der Waals surface area contributed by atoms with Gasteiger partial charge in [-0.25, -0.2) is 0 Å². The van der Waals surface area contributed by atoms with Gasteiger partial charge in [0.2, 0.25) is 5.91 Å².